The second-order valence-corrected chi connectivity index (χ2v) is 6.23. The molecule has 1 atom stereocenters. The number of fused-ring (bicyclic) bond motifs is 1. The van der Waals surface area contributed by atoms with Gasteiger partial charge in [0.1, 0.15) is 6.04 Å². The number of amides is 1. The third-order valence-corrected chi connectivity index (χ3v) is 4.72. The second kappa shape index (κ2) is 6.51. The number of hydrogen-bond donors (Lipinski definition) is 0. The molecule has 2 aromatic heterocycles. The van der Waals surface area contributed by atoms with E-state index in [0.717, 1.165) is 29.7 Å². The number of nitrogens with zero attached hydrogens (tertiary/aromatic N) is 6. The molecule has 1 saturated heterocycles. The molecule has 1 amide bonds. The van der Waals surface area contributed by atoms with E-state index in [-0.39, 0.29) is 11.9 Å². The van der Waals surface area contributed by atoms with Crippen LogP contribution in [0.4, 0.5) is 5.82 Å². The Morgan fingerprint density at radius 2 is 1.92 bits per heavy atom. The number of anilines is 1. The van der Waals surface area contributed by atoms with E-state index in [2.05, 4.69) is 26.3 Å². The molecule has 0 unspecified atom stereocenters. The molecular formula is C18H20N6O. The minimum Gasteiger partial charge on any atom is -0.351 e. The number of carbonyl (C=O) groups is 1. The first kappa shape index (κ1) is 15.6. The number of piperazine rings is 1. The quantitative estimate of drug-likeness (QED) is 0.729. The maximum atomic E-state index is 12.7. The normalized spacial score (nSPS) is 16.2. The summed E-state index contributed by atoms with van der Waals surface area (Å²) in [5.74, 6) is 0.998. The van der Waals surface area contributed by atoms with Crippen LogP contribution in [0, 0.1) is 0 Å². The molecule has 7 heteroatoms. The highest BCUT2D eigenvalue weighted by atomic mass is 16.2. The van der Waals surface area contributed by atoms with Gasteiger partial charge in [0.25, 0.3) is 0 Å². The van der Waals surface area contributed by atoms with Gasteiger partial charge in [0, 0.05) is 49.3 Å². The molecule has 0 N–H and O–H groups in total. The van der Waals surface area contributed by atoms with Gasteiger partial charge in [0.05, 0.1) is 6.20 Å². The van der Waals surface area contributed by atoms with E-state index in [1.807, 2.05) is 42.3 Å². The Hall–Kier alpha value is -2.96. The highest BCUT2D eigenvalue weighted by Gasteiger charge is 2.27. The monoisotopic (exact) mass is 336 g/mol. The lowest BCUT2D eigenvalue weighted by molar-refractivity contribution is -0.134. The van der Waals surface area contributed by atoms with Crippen LogP contribution in [0.1, 0.15) is 13.0 Å². The number of rotatable bonds is 3. The topological polar surface area (TPSA) is 67.2 Å². The predicted octanol–water partition coefficient (Wildman–Crippen LogP) is 1.74. The van der Waals surface area contributed by atoms with Crippen LogP contribution in [0.25, 0.3) is 10.8 Å². The molecule has 4 rings (SSSR count). The molecular weight excluding hydrogens is 316 g/mol. The van der Waals surface area contributed by atoms with Crippen molar-refractivity contribution >= 4 is 22.5 Å². The van der Waals surface area contributed by atoms with E-state index in [1.165, 1.54) is 0 Å². The molecule has 0 spiro atoms. The number of benzene rings is 1. The molecule has 1 aliphatic rings. The molecule has 3 heterocycles. The average molecular weight is 336 g/mol. The Morgan fingerprint density at radius 3 is 2.68 bits per heavy atom. The molecule has 0 saturated carbocycles. The van der Waals surface area contributed by atoms with Crippen molar-refractivity contribution in [3.63, 3.8) is 0 Å². The summed E-state index contributed by atoms with van der Waals surface area (Å²) in [4.78, 5) is 16.8. The SMILES string of the molecule is C[C@H](C(=O)N1CCN(c2nncc3ccccc23)CC1)n1cccn1. The molecule has 3 aromatic rings. The summed E-state index contributed by atoms with van der Waals surface area (Å²) in [6.07, 6.45) is 5.30. The van der Waals surface area contributed by atoms with Gasteiger partial charge >= 0.3 is 0 Å². The summed E-state index contributed by atoms with van der Waals surface area (Å²) in [7, 11) is 0. The first-order valence-corrected chi connectivity index (χ1v) is 8.47. The van der Waals surface area contributed by atoms with Crippen molar-refractivity contribution in [1.82, 2.24) is 24.9 Å². The van der Waals surface area contributed by atoms with Gasteiger partial charge in [0.2, 0.25) is 5.91 Å². The van der Waals surface area contributed by atoms with Gasteiger partial charge in [-0.2, -0.15) is 10.2 Å². The van der Waals surface area contributed by atoms with Gasteiger partial charge in [-0.25, -0.2) is 0 Å². The van der Waals surface area contributed by atoms with Gasteiger partial charge in [-0.3, -0.25) is 9.48 Å². The molecule has 0 aliphatic carbocycles. The lowest BCUT2D eigenvalue weighted by atomic mass is 10.1. The van der Waals surface area contributed by atoms with Crippen molar-refractivity contribution in [3.05, 3.63) is 48.9 Å². The smallest absolute Gasteiger partial charge is 0.247 e. The van der Waals surface area contributed by atoms with E-state index in [9.17, 15) is 4.79 Å². The molecule has 0 radical (unpaired) electrons. The van der Waals surface area contributed by atoms with Gasteiger partial charge in [-0.05, 0) is 13.0 Å². The van der Waals surface area contributed by atoms with Crippen molar-refractivity contribution in [2.24, 2.45) is 0 Å². The zero-order valence-corrected chi connectivity index (χ0v) is 14.1. The largest absolute Gasteiger partial charge is 0.351 e. The number of carbonyl (C=O) groups excluding carboxylic acids is 1. The highest BCUT2D eigenvalue weighted by molar-refractivity contribution is 5.91. The molecule has 0 bridgehead atoms. The zero-order valence-electron chi connectivity index (χ0n) is 14.1. The summed E-state index contributed by atoms with van der Waals surface area (Å²) in [5, 5.41) is 14.8. The van der Waals surface area contributed by atoms with E-state index in [0.29, 0.717) is 13.1 Å². The highest BCUT2D eigenvalue weighted by Crippen LogP contribution is 2.24. The minimum absolute atomic E-state index is 0.104. The van der Waals surface area contributed by atoms with Crippen LogP contribution >= 0.6 is 0 Å². The predicted molar refractivity (Wildman–Crippen MR) is 95.3 cm³/mol. The van der Waals surface area contributed by atoms with Gasteiger partial charge in [-0.1, -0.05) is 24.3 Å². The Labute approximate surface area is 145 Å². The molecule has 7 nitrogen and oxygen atoms in total. The summed E-state index contributed by atoms with van der Waals surface area (Å²) in [6.45, 7) is 4.74. The maximum absolute atomic E-state index is 12.7. The third kappa shape index (κ3) is 2.93. The molecule has 128 valence electrons. The van der Waals surface area contributed by atoms with Crippen molar-refractivity contribution in [3.8, 4) is 0 Å². The van der Waals surface area contributed by atoms with Crippen molar-refractivity contribution in [2.75, 3.05) is 31.1 Å². The number of aromatic nitrogens is 4. The maximum Gasteiger partial charge on any atom is 0.247 e. The van der Waals surface area contributed by atoms with Gasteiger partial charge in [-0.15, -0.1) is 5.10 Å². The van der Waals surface area contributed by atoms with Crippen molar-refractivity contribution < 1.29 is 4.79 Å². The fourth-order valence-corrected chi connectivity index (χ4v) is 3.27. The summed E-state index contributed by atoms with van der Waals surface area (Å²) in [5.41, 5.74) is 0. The van der Waals surface area contributed by atoms with Gasteiger partial charge < -0.3 is 9.80 Å². The number of hydrogen-bond acceptors (Lipinski definition) is 5. The van der Waals surface area contributed by atoms with E-state index < -0.39 is 0 Å². The fourth-order valence-electron chi connectivity index (χ4n) is 3.27. The average Bonchev–Trinajstić information content (AvgIpc) is 3.21. The summed E-state index contributed by atoms with van der Waals surface area (Å²) < 4.78 is 1.70. The Morgan fingerprint density at radius 1 is 1.12 bits per heavy atom. The van der Waals surface area contributed by atoms with Crippen LogP contribution in [0.2, 0.25) is 0 Å². The first-order valence-electron chi connectivity index (χ1n) is 8.47. The van der Waals surface area contributed by atoms with Crippen molar-refractivity contribution in [1.29, 1.82) is 0 Å². The standard InChI is InChI=1S/C18H20N6O/c1-14(24-8-4-7-20-24)18(25)23-11-9-22(10-12-23)17-16-6-3-2-5-15(16)13-19-21-17/h2-8,13-14H,9-12H2,1H3/t14-/m1/s1. The first-order chi connectivity index (χ1) is 12.2. The lowest BCUT2D eigenvalue weighted by Crippen LogP contribution is -2.50. The van der Waals surface area contributed by atoms with E-state index >= 15 is 0 Å². The lowest BCUT2D eigenvalue weighted by Gasteiger charge is -2.36. The van der Waals surface area contributed by atoms with Crippen LogP contribution in [0.3, 0.4) is 0 Å². The van der Waals surface area contributed by atoms with Crippen LogP contribution in [0.15, 0.2) is 48.9 Å². The minimum atomic E-state index is -0.279. The van der Waals surface area contributed by atoms with E-state index in [1.54, 1.807) is 17.1 Å². The molecule has 1 aromatic carbocycles. The van der Waals surface area contributed by atoms with Crippen LogP contribution in [0.5, 0.6) is 0 Å². The van der Waals surface area contributed by atoms with Crippen molar-refractivity contribution in [2.45, 2.75) is 13.0 Å². The molecule has 25 heavy (non-hydrogen) atoms. The van der Waals surface area contributed by atoms with Gasteiger partial charge in [0.15, 0.2) is 5.82 Å². The van der Waals surface area contributed by atoms with Crippen LogP contribution in [-0.2, 0) is 4.79 Å². The summed E-state index contributed by atoms with van der Waals surface area (Å²) >= 11 is 0. The Kier molecular flexibility index (Phi) is 4.05. The third-order valence-electron chi connectivity index (χ3n) is 4.72. The zero-order chi connectivity index (χ0) is 17.2. The summed E-state index contributed by atoms with van der Waals surface area (Å²) in [6, 6.07) is 9.68. The molecule has 1 aliphatic heterocycles. The molecule has 1 fully saturated rings. The Balaban J connectivity index is 1.47. The Bertz CT molecular complexity index is 865. The van der Waals surface area contributed by atoms with E-state index in [4.69, 9.17) is 0 Å². The second-order valence-electron chi connectivity index (χ2n) is 6.23. The van der Waals surface area contributed by atoms with Crippen LogP contribution < -0.4 is 4.90 Å². The fraction of sp³-hybridized carbons (Fsp3) is 0.333. The van der Waals surface area contributed by atoms with Crippen LogP contribution in [-0.4, -0.2) is 57.0 Å².